The molecular weight excluding hydrogens is 218 g/mol. The van der Waals surface area contributed by atoms with E-state index >= 15 is 0 Å². The number of carbonyl (C=O) groups is 2. The Morgan fingerprint density at radius 3 is 2.73 bits per heavy atom. The molecule has 0 radical (unpaired) electrons. The van der Waals surface area contributed by atoms with Crippen LogP contribution in [-0.2, 0) is 4.79 Å². The largest absolute Gasteiger partial charge is 0.480 e. The van der Waals surface area contributed by atoms with Gasteiger partial charge in [-0.1, -0.05) is 17.7 Å². The van der Waals surface area contributed by atoms with E-state index in [0.717, 1.165) is 0 Å². The van der Waals surface area contributed by atoms with E-state index < -0.39 is 18.4 Å². The molecule has 0 atom stereocenters. The average Bonchev–Trinajstić information content (AvgIpc) is 2.18. The van der Waals surface area contributed by atoms with Crippen LogP contribution >= 0.6 is 11.6 Å². The molecule has 1 aromatic carbocycles. The van der Waals surface area contributed by atoms with Gasteiger partial charge < -0.3 is 10.4 Å². The molecule has 2 N–H and O–H groups in total. The van der Waals surface area contributed by atoms with E-state index in [-0.39, 0.29) is 0 Å². The molecule has 0 bridgehead atoms. The maximum Gasteiger partial charge on any atom is 0.322 e. The molecule has 0 aliphatic carbocycles. The van der Waals surface area contributed by atoms with Crippen molar-refractivity contribution in [3.63, 3.8) is 0 Å². The molecule has 4 nitrogen and oxygen atoms in total. The van der Waals surface area contributed by atoms with Gasteiger partial charge in [-0.3, -0.25) is 9.59 Å². The van der Waals surface area contributed by atoms with Gasteiger partial charge in [-0.25, -0.2) is 0 Å². The number of benzene rings is 1. The van der Waals surface area contributed by atoms with Gasteiger partial charge in [0.25, 0.3) is 5.91 Å². The van der Waals surface area contributed by atoms with Gasteiger partial charge in [0.1, 0.15) is 6.54 Å². The normalized spacial score (nSPS) is 9.73. The van der Waals surface area contributed by atoms with Crippen LogP contribution in [0, 0.1) is 6.92 Å². The molecule has 0 spiro atoms. The van der Waals surface area contributed by atoms with Crippen LogP contribution in [0.1, 0.15) is 15.9 Å². The maximum atomic E-state index is 11.5. The van der Waals surface area contributed by atoms with Gasteiger partial charge in [-0.15, -0.1) is 0 Å². The predicted molar refractivity (Wildman–Crippen MR) is 56.2 cm³/mol. The second-order valence-corrected chi connectivity index (χ2v) is 3.40. The van der Waals surface area contributed by atoms with Crippen LogP contribution in [0.5, 0.6) is 0 Å². The third-order valence-electron chi connectivity index (χ3n) is 1.91. The molecule has 0 aliphatic heterocycles. The Labute approximate surface area is 91.9 Å². The summed E-state index contributed by atoms with van der Waals surface area (Å²) in [5.41, 5.74) is 1.03. The van der Waals surface area contributed by atoms with Gasteiger partial charge in [-0.2, -0.15) is 0 Å². The molecule has 0 aliphatic rings. The van der Waals surface area contributed by atoms with Crippen molar-refractivity contribution in [3.8, 4) is 0 Å². The molecule has 0 fully saturated rings. The second kappa shape index (κ2) is 4.79. The van der Waals surface area contributed by atoms with Crippen molar-refractivity contribution in [1.82, 2.24) is 5.32 Å². The molecule has 5 heteroatoms. The minimum Gasteiger partial charge on any atom is -0.480 e. The zero-order chi connectivity index (χ0) is 11.4. The quantitative estimate of drug-likeness (QED) is 0.822. The van der Waals surface area contributed by atoms with Gasteiger partial charge in [0, 0.05) is 10.6 Å². The van der Waals surface area contributed by atoms with Crippen LogP contribution in [0.4, 0.5) is 0 Å². The van der Waals surface area contributed by atoms with E-state index in [0.29, 0.717) is 16.1 Å². The lowest BCUT2D eigenvalue weighted by molar-refractivity contribution is -0.135. The van der Waals surface area contributed by atoms with E-state index in [4.69, 9.17) is 16.7 Å². The van der Waals surface area contributed by atoms with Crippen LogP contribution in [0.2, 0.25) is 5.02 Å². The fourth-order valence-electron chi connectivity index (χ4n) is 1.10. The Hall–Kier alpha value is -1.55. The Bertz CT molecular complexity index is 404. The highest BCUT2D eigenvalue weighted by atomic mass is 35.5. The van der Waals surface area contributed by atoms with Crippen LogP contribution < -0.4 is 5.32 Å². The number of halogens is 1. The topological polar surface area (TPSA) is 66.4 Å². The number of carboxylic acid groups (broad SMARTS) is 1. The molecule has 15 heavy (non-hydrogen) atoms. The number of hydrogen-bond donors (Lipinski definition) is 2. The zero-order valence-corrected chi connectivity index (χ0v) is 8.84. The molecule has 0 heterocycles. The molecule has 0 unspecified atom stereocenters. The summed E-state index contributed by atoms with van der Waals surface area (Å²) in [7, 11) is 0. The number of rotatable bonds is 3. The average molecular weight is 228 g/mol. The Kier molecular flexibility index (Phi) is 3.68. The molecule has 0 saturated carbocycles. The number of nitrogens with one attached hydrogen (secondary N) is 1. The van der Waals surface area contributed by atoms with Crippen molar-refractivity contribution in [2.45, 2.75) is 6.92 Å². The standard InChI is InChI=1S/C10H10ClNO3/c1-6-7(3-2-4-8(6)11)10(15)12-5-9(13)14/h2-4H,5H2,1H3,(H,12,15)(H,13,14). The van der Waals surface area contributed by atoms with Gasteiger partial charge in [0.15, 0.2) is 0 Å². The van der Waals surface area contributed by atoms with Crippen molar-refractivity contribution in [2.75, 3.05) is 6.54 Å². The first-order valence-corrected chi connectivity index (χ1v) is 4.65. The summed E-state index contributed by atoms with van der Waals surface area (Å²) in [5, 5.41) is 11.1. The van der Waals surface area contributed by atoms with Crippen LogP contribution in [0.15, 0.2) is 18.2 Å². The highest BCUT2D eigenvalue weighted by Crippen LogP contribution is 2.18. The molecule has 1 amide bonds. The summed E-state index contributed by atoms with van der Waals surface area (Å²) in [6.07, 6.45) is 0. The summed E-state index contributed by atoms with van der Waals surface area (Å²) in [5.74, 6) is -1.51. The first-order valence-electron chi connectivity index (χ1n) is 4.27. The van der Waals surface area contributed by atoms with Crippen LogP contribution in [0.3, 0.4) is 0 Å². The SMILES string of the molecule is Cc1c(Cl)cccc1C(=O)NCC(=O)O. The molecule has 80 valence electrons. The number of carbonyl (C=O) groups excluding carboxylic acids is 1. The first kappa shape index (κ1) is 11.5. The minimum atomic E-state index is -1.08. The van der Waals surface area contributed by atoms with Gasteiger partial charge in [0.05, 0.1) is 0 Å². The van der Waals surface area contributed by atoms with E-state index in [1.807, 2.05) is 0 Å². The predicted octanol–water partition coefficient (Wildman–Crippen LogP) is 1.46. The summed E-state index contributed by atoms with van der Waals surface area (Å²) in [4.78, 5) is 21.7. The molecule has 1 aromatic rings. The maximum absolute atomic E-state index is 11.5. The second-order valence-electron chi connectivity index (χ2n) is 2.99. The van der Waals surface area contributed by atoms with Crippen molar-refractivity contribution in [1.29, 1.82) is 0 Å². The Balaban J connectivity index is 2.82. The molecule has 1 rings (SSSR count). The number of aliphatic carboxylic acids is 1. The zero-order valence-electron chi connectivity index (χ0n) is 8.08. The summed E-state index contributed by atoms with van der Waals surface area (Å²) >= 11 is 5.82. The third kappa shape index (κ3) is 2.95. The number of hydrogen-bond acceptors (Lipinski definition) is 2. The summed E-state index contributed by atoms with van der Waals surface area (Å²) in [6, 6.07) is 4.91. The fourth-order valence-corrected chi connectivity index (χ4v) is 1.28. The lowest BCUT2D eigenvalue weighted by atomic mass is 10.1. The Morgan fingerprint density at radius 1 is 1.47 bits per heavy atom. The van der Waals surface area contributed by atoms with Crippen molar-refractivity contribution >= 4 is 23.5 Å². The molecule has 0 aromatic heterocycles. The monoisotopic (exact) mass is 227 g/mol. The van der Waals surface area contributed by atoms with Crippen molar-refractivity contribution in [3.05, 3.63) is 34.3 Å². The highest BCUT2D eigenvalue weighted by Gasteiger charge is 2.11. The molecular formula is C10H10ClNO3. The smallest absolute Gasteiger partial charge is 0.322 e. The minimum absolute atomic E-state index is 0.392. The van der Waals surface area contributed by atoms with Gasteiger partial charge in [0.2, 0.25) is 0 Å². The van der Waals surface area contributed by atoms with Crippen LogP contribution in [-0.4, -0.2) is 23.5 Å². The fraction of sp³-hybridized carbons (Fsp3) is 0.200. The first-order chi connectivity index (χ1) is 7.02. The van der Waals surface area contributed by atoms with E-state index in [9.17, 15) is 9.59 Å². The van der Waals surface area contributed by atoms with Crippen LogP contribution in [0.25, 0.3) is 0 Å². The van der Waals surface area contributed by atoms with Gasteiger partial charge >= 0.3 is 5.97 Å². The molecule has 0 saturated heterocycles. The van der Waals surface area contributed by atoms with Crippen molar-refractivity contribution in [2.24, 2.45) is 0 Å². The Morgan fingerprint density at radius 2 is 2.13 bits per heavy atom. The number of amides is 1. The highest BCUT2D eigenvalue weighted by molar-refractivity contribution is 6.31. The van der Waals surface area contributed by atoms with Crippen molar-refractivity contribution < 1.29 is 14.7 Å². The third-order valence-corrected chi connectivity index (χ3v) is 2.32. The van der Waals surface area contributed by atoms with E-state index in [1.165, 1.54) is 0 Å². The lowest BCUT2D eigenvalue weighted by Gasteiger charge is -2.06. The number of carboxylic acids is 1. The summed E-state index contributed by atoms with van der Waals surface area (Å²) in [6.45, 7) is 1.31. The van der Waals surface area contributed by atoms with E-state index in [2.05, 4.69) is 5.32 Å². The summed E-state index contributed by atoms with van der Waals surface area (Å²) < 4.78 is 0. The van der Waals surface area contributed by atoms with E-state index in [1.54, 1.807) is 25.1 Å². The van der Waals surface area contributed by atoms with Gasteiger partial charge in [-0.05, 0) is 24.6 Å². The lowest BCUT2D eigenvalue weighted by Crippen LogP contribution is -2.29.